The predicted octanol–water partition coefficient (Wildman–Crippen LogP) is 3.60. The Labute approximate surface area is 123 Å². The number of aliphatic imine (C=N–C) groups is 1. The molecule has 0 saturated heterocycles. The van der Waals surface area contributed by atoms with Crippen molar-refractivity contribution in [1.29, 1.82) is 0 Å². The molecule has 20 heavy (non-hydrogen) atoms. The van der Waals surface area contributed by atoms with Crippen molar-refractivity contribution in [2.45, 2.75) is 26.8 Å². The summed E-state index contributed by atoms with van der Waals surface area (Å²) < 4.78 is 0.855. The Morgan fingerprint density at radius 1 is 1.15 bits per heavy atom. The second kappa shape index (κ2) is 8.43. The van der Waals surface area contributed by atoms with Crippen molar-refractivity contribution in [1.82, 2.24) is 4.98 Å². The van der Waals surface area contributed by atoms with E-state index in [1.807, 2.05) is 38.4 Å². The zero-order valence-electron chi connectivity index (χ0n) is 13.1. The lowest BCUT2D eigenvalue weighted by Crippen LogP contribution is -2.40. The molecule has 3 heteroatoms. The molecular formula is C17H26N3+. The number of likely N-dealkylation sites (N-methyl/N-ethyl adjacent to an activating group) is 1. The van der Waals surface area contributed by atoms with E-state index in [-0.39, 0.29) is 0 Å². The van der Waals surface area contributed by atoms with E-state index in [0.717, 1.165) is 35.4 Å². The first-order chi connectivity index (χ1) is 9.66. The Morgan fingerprint density at radius 2 is 1.95 bits per heavy atom. The van der Waals surface area contributed by atoms with Gasteiger partial charge in [0, 0.05) is 18.8 Å². The van der Waals surface area contributed by atoms with Crippen LogP contribution in [0.2, 0.25) is 0 Å². The van der Waals surface area contributed by atoms with Gasteiger partial charge in [0.15, 0.2) is 0 Å². The Kier molecular flexibility index (Phi) is 6.88. The van der Waals surface area contributed by atoms with Crippen LogP contribution in [-0.4, -0.2) is 36.3 Å². The molecule has 0 fully saturated rings. The second-order valence-electron chi connectivity index (χ2n) is 5.21. The molecule has 0 bridgehead atoms. The molecule has 2 rings (SSSR count). The number of allylic oxidation sites excluding steroid dienone is 3. The monoisotopic (exact) mass is 272 g/mol. The highest BCUT2D eigenvalue weighted by molar-refractivity contribution is 5.62. The molecule has 1 aromatic rings. The summed E-state index contributed by atoms with van der Waals surface area (Å²) in [4.78, 5) is 8.88. The number of aromatic nitrogens is 1. The van der Waals surface area contributed by atoms with Crippen LogP contribution in [0.15, 0.2) is 53.3 Å². The highest BCUT2D eigenvalue weighted by Crippen LogP contribution is 2.12. The molecule has 2 heterocycles. The van der Waals surface area contributed by atoms with Gasteiger partial charge in [-0.15, -0.1) is 0 Å². The second-order valence-corrected chi connectivity index (χ2v) is 5.21. The highest BCUT2D eigenvalue weighted by Gasteiger charge is 2.18. The van der Waals surface area contributed by atoms with Crippen molar-refractivity contribution in [2.24, 2.45) is 4.99 Å². The fourth-order valence-corrected chi connectivity index (χ4v) is 2.05. The average Bonchev–Trinajstić information content (AvgIpc) is 2.69. The smallest absolute Gasteiger partial charge is 0.121 e. The summed E-state index contributed by atoms with van der Waals surface area (Å²) in [6, 6.07) is 6.06. The van der Waals surface area contributed by atoms with Crippen LogP contribution in [0.4, 0.5) is 0 Å². The first kappa shape index (κ1) is 16.3. The van der Waals surface area contributed by atoms with Gasteiger partial charge in [0.05, 0.1) is 25.5 Å². The van der Waals surface area contributed by atoms with E-state index in [2.05, 4.69) is 48.4 Å². The van der Waals surface area contributed by atoms with Gasteiger partial charge < -0.3 is 4.48 Å². The third kappa shape index (κ3) is 5.93. The minimum absolute atomic E-state index is 0.855. The lowest BCUT2D eigenvalue weighted by Gasteiger charge is -2.29. The zero-order valence-corrected chi connectivity index (χ0v) is 13.1. The molecule has 0 N–H and O–H groups in total. The van der Waals surface area contributed by atoms with Gasteiger partial charge in [-0.2, -0.15) is 0 Å². The number of hydrogen-bond acceptors (Lipinski definition) is 2. The number of pyridine rings is 1. The Balaban J connectivity index is 0.000000956. The molecule has 1 aromatic heterocycles. The summed E-state index contributed by atoms with van der Waals surface area (Å²) in [5.41, 5.74) is 2.25. The van der Waals surface area contributed by atoms with Gasteiger partial charge in [-0.3, -0.25) is 9.98 Å². The van der Waals surface area contributed by atoms with Crippen molar-refractivity contribution < 1.29 is 4.48 Å². The molecule has 0 spiro atoms. The molecule has 108 valence electrons. The first-order valence-electron chi connectivity index (χ1n) is 7.26. The van der Waals surface area contributed by atoms with Crippen LogP contribution < -0.4 is 0 Å². The molecule has 1 aliphatic rings. The number of nitrogens with zero attached hydrogens (tertiary/aromatic N) is 3. The van der Waals surface area contributed by atoms with Crippen LogP contribution in [0.25, 0.3) is 0 Å². The maximum atomic E-state index is 4.49. The number of rotatable bonds is 4. The van der Waals surface area contributed by atoms with Crippen molar-refractivity contribution in [3.05, 3.63) is 54.0 Å². The summed E-state index contributed by atoms with van der Waals surface area (Å²) in [5, 5.41) is 0. The normalized spacial score (nSPS) is 14.1. The predicted molar refractivity (Wildman–Crippen MR) is 86.6 cm³/mol. The third-order valence-electron chi connectivity index (χ3n) is 2.83. The molecule has 0 radical (unpaired) electrons. The fraction of sp³-hybridized carbons (Fsp3) is 0.412. The summed E-state index contributed by atoms with van der Waals surface area (Å²) in [5.74, 6) is 0. The van der Waals surface area contributed by atoms with Crippen LogP contribution in [0.3, 0.4) is 0 Å². The molecule has 0 atom stereocenters. The van der Waals surface area contributed by atoms with E-state index in [0.29, 0.717) is 0 Å². The zero-order chi connectivity index (χ0) is 14.8. The minimum atomic E-state index is 0.855. The summed E-state index contributed by atoms with van der Waals surface area (Å²) in [6.45, 7) is 5.83. The van der Waals surface area contributed by atoms with E-state index in [1.54, 1.807) is 0 Å². The molecular weight excluding hydrogens is 246 g/mol. The Bertz CT molecular complexity index is 470. The Morgan fingerprint density at radius 3 is 2.65 bits per heavy atom. The van der Waals surface area contributed by atoms with Gasteiger partial charge in [0.25, 0.3) is 0 Å². The highest BCUT2D eigenvalue weighted by atomic mass is 15.3. The van der Waals surface area contributed by atoms with Gasteiger partial charge in [0.1, 0.15) is 13.1 Å². The van der Waals surface area contributed by atoms with Gasteiger partial charge in [0.2, 0.25) is 0 Å². The van der Waals surface area contributed by atoms with Gasteiger partial charge in [-0.1, -0.05) is 32.1 Å². The van der Waals surface area contributed by atoms with Gasteiger partial charge in [-0.05, 0) is 18.2 Å². The van der Waals surface area contributed by atoms with Gasteiger partial charge >= 0.3 is 0 Å². The Hall–Kier alpha value is -1.74. The summed E-state index contributed by atoms with van der Waals surface area (Å²) >= 11 is 0. The average molecular weight is 272 g/mol. The number of quaternary nitrogens is 1. The first-order valence-corrected chi connectivity index (χ1v) is 7.26. The standard InChI is InChI=1S/C15H20N3.C2H6/c1-18(2,13-15-9-5-7-11-17-15)12-14-8-4-3-6-10-16-14;1-2/h3-5,7-11H,6,12-13H2,1-2H3;1-2H3/q+1;. The van der Waals surface area contributed by atoms with E-state index in [9.17, 15) is 0 Å². The van der Waals surface area contributed by atoms with E-state index in [1.165, 1.54) is 0 Å². The van der Waals surface area contributed by atoms with Crippen LogP contribution in [0, 0.1) is 0 Å². The molecule has 3 nitrogen and oxygen atoms in total. The van der Waals surface area contributed by atoms with Crippen molar-refractivity contribution in [3.8, 4) is 0 Å². The number of hydrogen-bond donors (Lipinski definition) is 0. The lowest BCUT2D eigenvalue weighted by atomic mass is 10.2. The summed E-state index contributed by atoms with van der Waals surface area (Å²) in [6.07, 6.45) is 11.0. The fourth-order valence-electron chi connectivity index (χ4n) is 2.05. The molecule has 0 saturated carbocycles. The topological polar surface area (TPSA) is 25.2 Å². The van der Waals surface area contributed by atoms with Gasteiger partial charge in [-0.25, -0.2) is 0 Å². The quantitative estimate of drug-likeness (QED) is 0.769. The van der Waals surface area contributed by atoms with Crippen LogP contribution in [0.5, 0.6) is 0 Å². The molecule has 0 aromatic carbocycles. The molecule has 0 amide bonds. The van der Waals surface area contributed by atoms with Crippen LogP contribution in [0.1, 0.15) is 26.0 Å². The third-order valence-corrected chi connectivity index (χ3v) is 2.83. The van der Waals surface area contributed by atoms with E-state index in [4.69, 9.17) is 0 Å². The maximum absolute atomic E-state index is 4.49. The van der Waals surface area contributed by atoms with E-state index < -0.39 is 0 Å². The van der Waals surface area contributed by atoms with E-state index >= 15 is 0 Å². The molecule has 1 aliphatic heterocycles. The largest absolute Gasteiger partial charge is 0.318 e. The van der Waals surface area contributed by atoms with Crippen LogP contribution in [-0.2, 0) is 6.54 Å². The van der Waals surface area contributed by atoms with Crippen molar-refractivity contribution in [2.75, 3.05) is 20.6 Å². The lowest BCUT2D eigenvalue weighted by molar-refractivity contribution is -0.899. The SMILES string of the molecule is CC.C[N+](C)(CC1=CC=CCC=N1)Cc1ccccn1. The molecule has 0 aliphatic carbocycles. The minimum Gasteiger partial charge on any atom is -0.318 e. The van der Waals surface area contributed by atoms with Crippen LogP contribution >= 0.6 is 0 Å². The van der Waals surface area contributed by atoms with Crippen molar-refractivity contribution >= 4 is 6.21 Å². The molecule has 0 unspecified atom stereocenters. The summed E-state index contributed by atoms with van der Waals surface area (Å²) in [7, 11) is 4.42. The van der Waals surface area contributed by atoms with Crippen molar-refractivity contribution in [3.63, 3.8) is 0 Å². The maximum Gasteiger partial charge on any atom is 0.121 e.